The second-order valence-corrected chi connectivity index (χ2v) is 7.93. The van der Waals surface area contributed by atoms with Crippen molar-refractivity contribution >= 4 is 27.9 Å². The highest BCUT2D eigenvalue weighted by Gasteiger charge is 2.28. The maximum atomic E-state index is 12.3. The second-order valence-electron chi connectivity index (χ2n) is 7.07. The average Bonchev–Trinajstić information content (AvgIpc) is 2.49. The molecule has 5 nitrogen and oxygen atoms in total. The molecule has 0 unspecified atom stereocenters. The number of carbonyl (C=O) groups is 2. The van der Waals surface area contributed by atoms with E-state index in [1.54, 1.807) is 0 Å². The van der Waals surface area contributed by atoms with Crippen LogP contribution >= 0.6 is 15.9 Å². The molecule has 1 fully saturated rings. The Hall–Kier alpha value is -1.56. The van der Waals surface area contributed by atoms with E-state index in [1.807, 2.05) is 32.9 Å². The molecule has 0 atom stereocenters. The number of rotatable bonds is 4. The van der Waals surface area contributed by atoms with Crippen LogP contribution < -0.4 is 10.6 Å². The van der Waals surface area contributed by atoms with E-state index in [4.69, 9.17) is 5.11 Å². The van der Waals surface area contributed by atoms with E-state index in [-0.39, 0.29) is 18.0 Å². The SMILES string of the molecule is Cc1cc(C(C)(C)NC(=O)NC2CCC(C(=O)O)CC2)ccc1Br. The first-order chi connectivity index (χ1) is 11.2. The Labute approximate surface area is 151 Å². The van der Waals surface area contributed by atoms with Crippen molar-refractivity contribution < 1.29 is 14.7 Å². The fourth-order valence-electron chi connectivity index (χ4n) is 3.10. The van der Waals surface area contributed by atoms with Crippen molar-refractivity contribution in [2.75, 3.05) is 0 Å². The summed E-state index contributed by atoms with van der Waals surface area (Å²) in [7, 11) is 0. The van der Waals surface area contributed by atoms with Crippen molar-refractivity contribution in [2.24, 2.45) is 5.92 Å². The molecule has 0 heterocycles. The fraction of sp³-hybridized carbons (Fsp3) is 0.556. The zero-order valence-corrected chi connectivity index (χ0v) is 15.9. The molecule has 0 aromatic heterocycles. The first kappa shape index (κ1) is 18.8. The molecular formula is C18H25BrN2O3. The minimum atomic E-state index is -0.732. The minimum Gasteiger partial charge on any atom is -0.481 e. The van der Waals surface area contributed by atoms with Crippen molar-refractivity contribution in [2.45, 2.75) is 58.0 Å². The topological polar surface area (TPSA) is 78.4 Å². The van der Waals surface area contributed by atoms with Crippen molar-refractivity contribution in [3.8, 4) is 0 Å². The third kappa shape index (κ3) is 4.72. The Morgan fingerprint density at radius 3 is 2.38 bits per heavy atom. The Morgan fingerprint density at radius 1 is 1.21 bits per heavy atom. The largest absolute Gasteiger partial charge is 0.481 e. The molecule has 24 heavy (non-hydrogen) atoms. The summed E-state index contributed by atoms with van der Waals surface area (Å²) in [5.41, 5.74) is 1.66. The summed E-state index contributed by atoms with van der Waals surface area (Å²) in [6, 6.07) is 5.87. The number of urea groups is 1. The van der Waals surface area contributed by atoms with Gasteiger partial charge in [0.25, 0.3) is 0 Å². The molecule has 0 aliphatic heterocycles. The molecule has 0 bridgehead atoms. The van der Waals surface area contributed by atoms with E-state index >= 15 is 0 Å². The van der Waals surface area contributed by atoms with Gasteiger partial charge in [0.15, 0.2) is 0 Å². The fourth-order valence-corrected chi connectivity index (χ4v) is 3.34. The van der Waals surface area contributed by atoms with Gasteiger partial charge in [-0.2, -0.15) is 0 Å². The van der Waals surface area contributed by atoms with Crippen LogP contribution in [0.4, 0.5) is 4.79 Å². The Morgan fingerprint density at radius 2 is 1.83 bits per heavy atom. The highest BCUT2D eigenvalue weighted by molar-refractivity contribution is 9.10. The zero-order valence-electron chi connectivity index (χ0n) is 14.4. The van der Waals surface area contributed by atoms with Crippen LogP contribution in [0.15, 0.2) is 22.7 Å². The number of carboxylic acids is 1. The normalized spacial score (nSPS) is 21.2. The van der Waals surface area contributed by atoms with E-state index in [0.717, 1.165) is 15.6 Å². The molecule has 1 aliphatic carbocycles. The van der Waals surface area contributed by atoms with Gasteiger partial charge in [0.05, 0.1) is 11.5 Å². The number of nitrogens with one attached hydrogen (secondary N) is 2. The van der Waals surface area contributed by atoms with Crippen molar-refractivity contribution in [1.29, 1.82) is 0 Å². The second kappa shape index (κ2) is 7.55. The Balaban J connectivity index is 1.91. The zero-order chi connectivity index (χ0) is 17.9. The molecule has 3 N–H and O–H groups in total. The predicted octanol–water partition coefficient (Wildman–Crippen LogP) is 3.94. The molecule has 0 saturated heterocycles. The lowest BCUT2D eigenvalue weighted by molar-refractivity contribution is -0.142. The standard InChI is InChI=1S/C18H25BrN2O3/c1-11-10-13(6-9-15(11)19)18(2,3)21-17(24)20-14-7-4-12(5-8-14)16(22)23/h6,9-10,12,14H,4-5,7-8H2,1-3H3,(H,22,23)(H2,20,21,24). The van der Waals surface area contributed by atoms with Gasteiger partial charge in [-0.3, -0.25) is 4.79 Å². The van der Waals surface area contributed by atoms with Crippen LogP contribution in [0.1, 0.15) is 50.7 Å². The molecule has 1 saturated carbocycles. The third-order valence-electron chi connectivity index (χ3n) is 4.72. The smallest absolute Gasteiger partial charge is 0.315 e. The Bertz CT molecular complexity index is 623. The number of benzene rings is 1. The summed E-state index contributed by atoms with van der Waals surface area (Å²) < 4.78 is 1.04. The van der Waals surface area contributed by atoms with Gasteiger partial charge >= 0.3 is 12.0 Å². The number of carboxylic acid groups (broad SMARTS) is 1. The maximum Gasteiger partial charge on any atom is 0.315 e. The van der Waals surface area contributed by atoms with E-state index in [2.05, 4.69) is 32.6 Å². The molecule has 2 amide bonds. The maximum absolute atomic E-state index is 12.3. The number of carbonyl (C=O) groups excluding carboxylic acids is 1. The van der Waals surface area contributed by atoms with Crippen molar-refractivity contribution in [1.82, 2.24) is 10.6 Å². The van der Waals surface area contributed by atoms with E-state index in [1.165, 1.54) is 0 Å². The number of hydrogen-bond acceptors (Lipinski definition) is 2. The number of aliphatic carboxylic acids is 1. The molecule has 1 aromatic carbocycles. The summed E-state index contributed by atoms with van der Waals surface area (Å²) in [4.78, 5) is 23.3. The highest BCUT2D eigenvalue weighted by atomic mass is 79.9. The van der Waals surface area contributed by atoms with Gasteiger partial charge in [-0.05, 0) is 63.6 Å². The quantitative estimate of drug-likeness (QED) is 0.720. The first-order valence-corrected chi connectivity index (χ1v) is 9.06. The Kier molecular flexibility index (Phi) is 5.91. The lowest BCUT2D eigenvalue weighted by Crippen LogP contribution is -2.50. The number of aryl methyl sites for hydroxylation is 1. The van der Waals surface area contributed by atoms with Crippen LogP contribution in [-0.2, 0) is 10.3 Å². The van der Waals surface area contributed by atoms with Gasteiger partial charge in [-0.15, -0.1) is 0 Å². The van der Waals surface area contributed by atoms with Crippen LogP contribution in [0, 0.1) is 12.8 Å². The average molecular weight is 397 g/mol. The molecule has 2 rings (SSSR count). The monoisotopic (exact) mass is 396 g/mol. The summed E-state index contributed by atoms with van der Waals surface area (Å²) in [5.74, 6) is -1.00. The molecule has 1 aromatic rings. The summed E-state index contributed by atoms with van der Waals surface area (Å²) in [5, 5.41) is 15.0. The van der Waals surface area contributed by atoms with E-state index in [9.17, 15) is 9.59 Å². The molecule has 6 heteroatoms. The van der Waals surface area contributed by atoms with Gasteiger partial charge < -0.3 is 15.7 Å². The van der Waals surface area contributed by atoms with Crippen molar-refractivity contribution in [3.63, 3.8) is 0 Å². The lowest BCUT2D eigenvalue weighted by Gasteiger charge is -2.31. The van der Waals surface area contributed by atoms with E-state index < -0.39 is 11.5 Å². The van der Waals surface area contributed by atoms with Crippen molar-refractivity contribution in [3.05, 3.63) is 33.8 Å². The number of halogens is 1. The molecule has 132 valence electrons. The van der Waals surface area contributed by atoms with Gasteiger partial charge in [-0.1, -0.05) is 28.1 Å². The molecular weight excluding hydrogens is 372 g/mol. The van der Waals surface area contributed by atoms with E-state index in [0.29, 0.717) is 25.7 Å². The summed E-state index contributed by atoms with van der Waals surface area (Å²) >= 11 is 3.49. The van der Waals surface area contributed by atoms with Crippen LogP contribution in [-0.4, -0.2) is 23.1 Å². The highest BCUT2D eigenvalue weighted by Crippen LogP contribution is 2.26. The third-order valence-corrected chi connectivity index (χ3v) is 5.61. The molecule has 0 radical (unpaired) electrons. The van der Waals surface area contributed by atoms with Crippen LogP contribution in [0.25, 0.3) is 0 Å². The van der Waals surface area contributed by atoms with Gasteiger partial charge in [-0.25, -0.2) is 4.79 Å². The minimum absolute atomic E-state index is 0.0445. The summed E-state index contributed by atoms with van der Waals surface area (Å²) in [6.07, 6.45) is 2.66. The van der Waals surface area contributed by atoms with Crippen LogP contribution in [0.5, 0.6) is 0 Å². The molecule has 1 aliphatic rings. The molecule has 0 spiro atoms. The number of hydrogen-bond donors (Lipinski definition) is 3. The van der Waals surface area contributed by atoms with Gasteiger partial charge in [0.1, 0.15) is 0 Å². The van der Waals surface area contributed by atoms with Gasteiger partial charge in [0, 0.05) is 10.5 Å². The van der Waals surface area contributed by atoms with Crippen LogP contribution in [0.2, 0.25) is 0 Å². The van der Waals surface area contributed by atoms with Gasteiger partial charge in [0.2, 0.25) is 0 Å². The summed E-state index contributed by atoms with van der Waals surface area (Å²) in [6.45, 7) is 5.96. The number of amides is 2. The lowest BCUT2D eigenvalue weighted by atomic mass is 9.86. The van der Waals surface area contributed by atoms with Crippen LogP contribution in [0.3, 0.4) is 0 Å². The predicted molar refractivity (Wildman–Crippen MR) is 97.0 cm³/mol. The first-order valence-electron chi connectivity index (χ1n) is 8.27.